The van der Waals surface area contributed by atoms with Gasteiger partial charge >= 0.3 is 6.40 Å². The van der Waals surface area contributed by atoms with Crippen molar-refractivity contribution in [2.75, 3.05) is 14.1 Å². The molecule has 1 aliphatic rings. The first kappa shape index (κ1) is 9.52. The van der Waals surface area contributed by atoms with Crippen LogP contribution in [0.4, 0.5) is 0 Å². The summed E-state index contributed by atoms with van der Waals surface area (Å²) in [5.41, 5.74) is 0. The van der Waals surface area contributed by atoms with Crippen molar-refractivity contribution in [3.8, 4) is 0 Å². The molecule has 0 amide bonds. The predicted octanol–water partition coefficient (Wildman–Crippen LogP) is 0.607. The Morgan fingerprint density at radius 3 is 2.58 bits per heavy atom. The van der Waals surface area contributed by atoms with Gasteiger partial charge in [0.25, 0.3) is 0 Å². The second-order valence-corrected chi connectivity index (χ2v) is 3.60. The van der Waals surface area contributed by atoms with Gasteiger partial charge in [-0.3, -0.25) is 0 Å². The van der Waals surface area contributed by atoms with Gasteiger partial charge in [-0.2, -0.15) is 0 Å². The number of nitrogens with zero attached hydrogens (tertiary/aromatic N) is 1. The van der Waals surface area contributed by atoms with Crippen LogP contribution in [-0.2, 0) is 4.74 Å². The minimum absolute atomic E-state index is 0.0150. The molecule has 1 N–H and O–H groups in total. The van der Waals surface area contributed by atoms with Gasteiger partial charge in [-0.15, -0.1) is 0 Å². The summed E-state index contributed by atoms with van der Waals surface area (Å²) >= 11 is 0. The minimum atomic E-state index is -0.269. The highest BCUT2D eigenvalue weighted by molar-refractivity contribution is 5.39. The number of rotatable bonds is 2. The lowest BCUT2D eigenvalue weighted by Crippen LogP contribution is -2.32. The monoisotopic (exact) mass is 172 g/mol. The summed E-state index contributed by atoms with van der Waals surface area (Å²) in [6.07, 6.45) is 5.57. The average molecular weight is 172 g/mol. The molecular formula is C9H18NO2+. The van der Waals surface area contributed by atoms with E-state index in [1.54, 1.807) is 6.40 Å². The Kier molecular flexibility index (Phi) is 3.53. The number of aliphatic hydroxyl groups is 1. The zero-order chi connectivity index (χ0) is 8.97. The number of hydrogen-bond acceptors (Lipinski definition) is 2. The Hall–Kier alpha value is -0.570. The highest BCUT2D eigenvalue weighted by Crippen LogP contribution is 2.20. The summed E-state index contributed by atoms with van der Waals surface area (Å²) in [7, 11) is 3.82. The normalized spacial score (nSPS) is 29.6. The Morgan fingerprint density at radius 2 is 2.00 bits per heavy atom. The molecule has 0 aromatic heterocycles. The molecule has 1 saturated carbocycles. The fourth-order valence-electron chi connectivity index (χ4n) is 1.44. The number of aliphatic hydroxyl groups excluding tert-OH is 1. The van der Waals surface area contributed by atoms with Crippen LogP contribution >= 0.6 is 0 Å². The highest BCUT2D eigenvalue weighted by atomic mass is 16.5. The Bertz CT molecular complexity index is 164. The van der Waals surface area contributed by atoms with Gasteiger partial charge < -0.3 is 9.84 Å². The summed E-state index contributed by atoms with van der Waals surface area (Å²) in [5.74, 6) is 0. The first-order chi connectivity index (χ1) is 5.70. The third-order valence-electron chi connectivity index (χ3n) is 2.11. The van der Waals surface area contributed by atoms with Gasteiger partial charge in [-0.05, 0) is 19.3 Å². The van der Waals surface area contributed by atoms with Gasteiger partial charge in [0, 0.05) is 0 Å². The zero-order valence-electron chi connectivity index (χ0n) is 7.86. The highest BCUT2D eigenvalue weighted by Gasteiger charge is 2.24. The molecule has 1 aliphatic carbocycles. The van der Waals surface area contributed by atoms with Crippen LogP contribution in [0.3, 0.4) is 0 Å². The molecule has 0 aromatic rings. The molecule has 2 atom stereocenters. The third-order valence-corrected chi connectivity index (χ3v) is 2.11. The van der Waals surface area contributed by atoms with Crippen LogP contribution in [0.25, 0.3) is 0 Å². The summed E-state index contributed by atoms with van der Waals surface area (Å²) in [6, 6.07) is 0. The van der Waals surface area contributed by atoms with Crippen molar-refractivity contribution in [3.05, 3.63) is 0 Å². The second kappa shape index (κ2) is 4.45. The molecule has 0 aromatic carbocycles. The fourth-order valence-corrected chi connectivity index (χ4v) is 1.44. The topological polar surface area (TPSA) is 32.5 Å². The van der Waals surface area contributed by atoms with Crippen molar-refractivity contribution in [3.63, 3.8) is 0 Å². The zero-order valence-corrected chi connectivity index (χ0v) is 7.86. The molecule has 0 heterocycles. The van der Waals surface area contributed by atoms with Crippen LogP contribution in [0.15, 0.2) is 0 Å². The van der Waals surface area contributed by atoms with Crippen molar-refractivity contribution in [1.82, 2.24) is 0 Å². The minimum Gasteiger partial charge on any atom is -0.444 e. The lowest BCUT2D eigenvalue weighted by atomic mass is 9.95. The van der Waals surface area contributed by atoms with Gasteiger partial charge in [0.1, 0.15) is 20.2 Å². The van der Waals surface area contributed by atoms with Gasteiger partial charge in [-0.1, -0.05) is 6.42 Å². The Morgan fingerprint density at radius 1 is 1.33 bits per heavy atom. The van der Waals surface area contributed by atoms with Crippen LogP contribution in [-0.4, -0.2) is 42.4 Å². The standard InChI is InChI=1S/C9H18NO2/c1-10(2)7-12-9-6-4-3-5-8(9)11/h7-9,11H,3-6H2,1-2H3/q+1. The van der Waals surface area contributed by atoms with Crippen LogP contribution < -0.4 is 0 Å². The van der Waals surface area contributed by atoms with Gasteiger partial charge in [-0.25, -0.2) is 4.58 Å². The fraction of sp³-hybridized carbons (Fsp3) is 0.889. The van der Waals surface area contributed by atoms with Crippen LogP contribution in [0.5, 0.6) is 0 Å². The predicted molar refractivity (Wildman–Crippen MR) is 47.5 cm³/mol. The van der Waals surface area contributed by atoms with E-state index in [0.29, 0.717) is 0 Å². The molecule has 3 nitrogen and oxygen atoms in total. The number of hydrogen-bond donors (Lipinski definition) is 1. The molecule has 70 valence electrons. The first-order valence-corrected chi connectivity index (χ1v) is 4.53. The molecular weight excluding hydrogens is 154 g/mol. The summed E-state index contributed by atoms with van der Waals surface area (Å²) in [6.45, 7) is 0. The van der Waals surface area contributed by atoms with Crippen LogP contribution in [0.1, 0.15) is 25.7 Å². The van der Waals surface area contributed by atoms with E-state index in [9.17, 15) is 5.11 Å². The number of ether oxygens (including phenoxy) is 1. The van der Waals surface area contributed by atoms with Crippen molar-refractivity contribution >= 4 is 6.40 Å². The summed E-state index contributed by atoms with van der Waals surface area (Å²) in [4.78, 5) is 0. The van der Waals surface area contributed by atoms with E-state index in [0.717, 1.165) is 19.3 Å². The van der Waals surface area contributed by atoms with E-state index in [2.05, 4.69) is 0 Å². The Labute approximate surface area is 73.7 Å². The van der Waals surface area contributed by atoms with Gasteiger partial charge in [0.05, 0.1) is 6.10 Å². The van der Waals surface area contributed by atoms with E-state index in [1.807, 2.05) is 18.7 Å². The average Bonchev–Trinajstić information content (AvgIpc) is 2.03. The van der Waals surface area contributed by atoms with E-state index in [1.165, 1.54) is 6.42 Å². The third kappa shape index (κ3) is 2.81. The van der Waals surface area contributed by atoms with Gasteiger partial charge in [0.15, 0.2) is 0 Å². The smallest absolute Gasteiger partial charge is 0.323 e. The molecule has 12 heavy (non-hydrogen) atoms. The maximum absolute atomic E-state index is 9.52. The lowest BCUT2D eigenvalue weighted by molar-refractivity contribution is -0.469. The second-order valence-electron chi connectivity index (χ2n) is 3.60. The van der Waals surface area contributed by atoms with Crippen LogP contribution in [0.2, 0.25) is 0 Å². The Balaban J connectivity index is 2.34. The van der Waals surface area contributed by atoms with E-state index < -0.39 is 0 Å². The van der Waals surface area contributed by atoms with Crippen molar-refractivity contribution < 1.29 is 14.4 Å². The molecule has 0 bridgehead atoms. The molecule has 2 unspecified atom stereocenters. The summed E-state index contributed by atoms with van der Waals surface area (Å²) < 4.78 is 7.26. The SMILES string of the molecule is C[N+](C)=COC1CCCCC1O. The van der Waals surface area contributed by atoms with Crippen LogP contribution in [0, 0.1) is 0 Å². The molecule has 1 fully saturated rings. The van der Waals surface area contributed by atoms with Crippen molar-refractivity contribution in [2.24, 2.45) is 0 Å². The summed E-state index contributed by atoms with van der Waals surface area (Å²) in [5, 5.41) is 9.52. The lowest BCUT2D eigenvalue weighted by Gasteiger charge is -2.25. The van der Waals surface area contributed by atoms with Crippen molar-refractivity contribution in [2.45, 2.75) is 37.9 Å². The molecule has 3 heteroatoms. The van der Waals surface area contributed by atoms with E-state index >= 15 is 0 Å². The molecule has 0 saturated heterocycles. The first-order valence-electron chi connectivity index (χ1n) is 4.53. The molecule has 0 aliphatic heterocycles. The largest absolute Gasteiger partial charge is 0.444 e. The molecule has 0 spiro atoms. The molecule has 0 radical (unpaired) electrons. The van der Waals surface area contributed by atoms with Crippen molar-refractivity contribution in [1.29, 1.82) is 0 Å². The quantitative estimate of drug-likeness (QED) is 0.376. The van der Waals surface area contributed by atoms with E-state index in [4.69, 9.17) is 4.74 Å². The van der Waals surface area contributed by atoms with E-state index in [-0.39, 0.29) is 12.2 Å². The maximum Gasteiger partial charge on any atom is 0.323 e. The molecule has 1 rings (SSSR count). The maximum atomic E-state index is 9.52. The van der Waals surface area contributed by atoms with Gasteiger partial charge in [0.2, 0.25) is 0 Å².